The van der Waals surface area contributed by atoms with Crippen LogP contribution in [0.15, 0.2) is 41.4 Å². The second-order valence-corrected chi connectivity index (χ2v) is 7.64. The van der Waals surface area contributed by atoms with E-state index in [0.717, 1.165) is 5.56 Å². The molecule has 1 aliphatic heterocycles. The average molecular weight is 354 g/mol. The van der Waals surface area contributed by atoms with E-state index in [1.165, 1.54) is 12.3 Å². The lowest BCUT2D eigenvalue weighted by atomic mass is 10.2. The quantitative estimate of drug-likeness (QED) is 0.909. The van der Waals surface area contributed by atoms with Gasteiger partial charge in [-0.25, -0.2) is 13.1 Å². The number of fused-ring (bicyclic) bond motifs is 1. The molecule has 1 amide bonds. The highest BCUT2D eigenvalue weighted by Gasteiger charge is 2.26. The summed E-state index contributed by atoms with van der Waals surface area (Å²) in [5.74, 6) is -0.174. The lowest BCUT2D eigenvalue weighted by molar-refractivity contribution is 0.0749. The van der Waals surface area contributed by atoms with Crippen molar-refractivity contribution in [2.75, 3.05) is 13.6 Å². The van der Waals surface area contributed by atoms with Gasteiger partial charge in [0, 0.05) is 37.9 Å². The number of carbonyl (C=O) groups is 1. The Hall–Kier alpha value is -1.83. The van der Waals surface area contributed by atoms with Crippen molar-refractivity contribution in [1.29, 1.82) is 0 Å². The van der Waals surface area contributed by atoms with Gasteiger partial charge in [0.2, 0.25) is 10.0 Å². The summed E-state index contributed by atoms with van der Waals surface area (Å²) in [6.07, 6.45) is 1.50. The van der Waals surface area contributed by atoms with E-state index in [4.69, 9.17) is 11.6 Å². The molecular weight excluding hydrogens is 338 g/mol. The summed E-state index contributed by atoms with van der Waals surface area (Å²) < 4.78 is 29.0. The number of aromatic nitrogens is 1. The van der Waals surface area contributed by atoms with Gasteiger partial charge in [0.15, 0.2) is 0 Å². The van der Waals surface area contributed by atoms with Gasteiger partial charge in [-0.15, -0.1) is 0 Å². The maximum Gasteiger partial charge on any atom is 0.270 e. The maximum atomic E-state index is 12.4. The Labute approximate surface area is 139 Å². The number of nitrogens with one attached hydrogen (secondary N) is 1. The van der Waals surface area contributed by atoms with Crippen LogP contribution in [0.1, 0.15) is 16.1 Å². The van der Waals surface area contributed by atoms with Crippen molar-refractivity contribution in [2.45, 2.75) is 18.0 Å². The highest BCUT2D eigenvalue weighted by molar-refractivity contribution is 7.89. The van der Waals surface area contributed by atoms with E-state index in [9.17, 15) is 13.2 Å². The normalized spacial score (nSPS) is 14.9. The molecule has 0 fully saturated rings. The number of likely N-dealkylation sites (N-methyl/N-ethyl adjacent to an activating group) is 1. The third-order valence-electron chi connectivity index (χ3n) is 3.78. The number of nitrogens with zero attached hydrogens (tertiary/aromatic N) is 2. The summed E-state index contributed by atoms with van der Waals surface area (Å²) in [7, 11) is -1.99. The van der Waals surface area contributed by atoms with Gasteiger partial charge in [-0.05, 0) is 23.8 Å². The van der Waals surface area contributed by atoms with Crippen LogP contribution in [-0.2, 0) is 23.1 Å². The van der Waals surface area contributed by atoms with E-state index in [0.29, 0.717) is 23.8 Å². The van der Waals surface area contributed by atoms with Crippen LogP contribution in [0.4, 0.5) is 0 Å². The first-order valence-corrected chi connectivity index (χ1v) is 8.93. The Morgan fingerprint density at radius 3 is 2.78 bits per heavy atom. The smallest absolute Gasteiger partial charge is 0.270 e. The van der Waals surface area contributed by atoms with E-state index in [2.05, 4.69) is 4.72 Å². The molecule has 8 heteroatoms. The molecule has 0 saturated carbocycles. The van der Waals surface area contributed by atoms with E-state index >= 15 is 0 Å². The van der Waals surface area contributed by atoms with E-state index < -0.39 is 10.0 Å². The van der Waals surface area contributed by atoms with Gasteiger partial charge in [-0.2, -0.15) is 0 Å². The maximum absolute atomic E-state index is 12.4. The molecule has 122 valence electrons. The molecule has 0 bridgehead atoms. The molecule has 0 atom stereocenters. The summed E-state index contributed by atoms with van der Waals surface area (Å²) in [4.78, 5) is 13.7. The fraction of sp³-hybridized carbons (Fsp3) is 0.267. The summed E-state index contributed by atoms with van der Waals surface area (Å²) in [5.41, 5.74) is 1.16. The van der Waals surface area contributed by atoms with Crippen LogP contribution in [-0.4, -0.2) is 37.4 Å². The van der Waals surface area contributed by atoms with Crippen molar-refractivity contribution in [1.82, 2.24) is 14.2 Å². The largest absolute Gasteiger partial charge is 0.340 e. The Morgan fingerprint density at radius 2 is 2.04 bits per heavy atom. The number of halogens is 1. The number of rotatable bonds is 4. The van der Waals surface area contributed by atoms with Crippen LogP contribution in [0.2, 0.25) is 5.02 Å². The van der Waals surface area contributed by atoms with Gasteiger partial charge >= 0.3 is 0 Å². The fourth-order valence-electron chi connectivity index (χ4n) is 2.46. The summed E-state index contributed by atoms with van der Waals surface area (Å²) >= 11 is 5.89. The molecule has 6 nitrogen and oxygen atoms in total. The first-order chi connectivity index (χ1) is 10.9. The van der Waals surface area contributed by atoms with Gasteiger partial charge in [-0.1, -0.05) is 23.7 Å². The summed E-state index contributed by atoms with van der Waals surface area (Å²) in [6.45, 7) is 1.29. The third kappa shape index (κ3) is 3.26. The highest BCUT2D eigenvalue weighted by Crippen LogP contribution is 2.19. The zero-order chi connectivity index (χ0) is 16.6. The molecule has 2 aromatic rings. The van der Waals surface area contributed by atoms with Crippen LogP contribution < -0.4 is 4.72 Å². The number of hydrogen-bond acceptors (Lipinski definition) is 3. The van der Waals surface area contributed by atoms with E-state index in [1.54, 1.807) is 40.8 Å². The second-order valence-electron chi connectivity index (χ2n) is 5.44. The summed E-state index contributed by atoms with van der Waals surface area (Å²) in [6, 6.07) is 8.39. The Balaban J connectivity index is 1.81. The van der Waals surface area contributed by atoms with E-state index in [-0.39, 0.29) is 17.3 Å². The minimum Gasteiger partial charge on any atom is -0.340 e. The molecule has 1 N–H and O–H groups in total. The molecule has 0 saturated heterocycles. The van der Waals surface area contributed by atoms with Gasteiger partial charge < -0.3 is 9.47 Å². The van der Waals surface area contributed by atoms with Crippen molar-refractivity contribution >= 4 is 27.5 Å². The number of hydrogen-bond donors (Lipinski definition) is 1. The number of carbonyl (C=O) groups excluding carboxylic acids is 1. The van der Waals surface area contributed by atoms with Crippen molar-refractivity contribution < 1.29 is 13.2 Å². The standard InChI is InChI=1S/C15H16ClN3O3S/c1-18-5-6-19-10-13(8-14(19)15(18)20)23(21,22)17-9-11-3-2-4-12(16)7-11/h2-4,7-8,10,17H,5-6,9H2,1H3. The van der Waals surface area contributed by atoms with E-state index in [1.807, 2.05) is 0 Å². The van der Waals surface area contributed by atoms with Gasteiger partial charge in [0.25, 0.3) is 5.91 Å². The molecule has 0 unspecified atom stereocenters. The Kier molecular flexibility index (Phi) is 4.18. The molecule has 0 spiro atoms. The highest BCUT2D eigenvalue weighted by atomic mass is 35.5. The number of benzene rings is 1. The van der Waals surface area contributed by atoms with Crippen molar-refractivity contribution in [3.63, 3.8) is 0 Å². The Morgan fingerprint density at radius 1 is 1.26 bits per heavy atom. The third-order valence-corrected chi connectivity index (χ3v) is 5.38. The van der Waals surface area contributed by atoms with Gasteiger partial charge in [0.1, 0.15) is 10.6 Å². The Bertz CT molecular complexity index is 861. The van der Waals surface area contributed by atoms with Crippen molar-refractivity contribution in [3.05, 3.63) is 52.8 Å². The van der Waals surface area contributed by atoms with Gasteiger partial charge in [-0.3, -0.25) is 4.79 Å². The lowest BCUT2D eigenvalue weighted by Crippen LogP contribution is -2.36. The fourth-order valence-corrected chi connectivity index (χ4v) is 3.73. The predicted molar refractivity (Wildman–Crippen MR) is 86.9 cm³/mol. The van der Waals surface area contributed by atoms with Crippen LogP contribution in [0.3, 0.4) is 0 Å². The first kappa shape index (κ1) is 16.0. The first-order valence-electron chi connectivity index (χ1n) is 7.06. The number of sulfonamides is 1. The lowest BCUT2D eigenvalue weighted by Gasteiger charge is -2.23. The molecule has 1 aromatic heterocycles. The molecule has 1 aromatic carbocycles. The average Bonchev–Trinajstić information content (AvgIpc) is 2.95. The van der Waals surface area contributed by atoms with Crippen LogP contribution in [0.25, 0.3) is 0 Å². The molecule has 23 heavy (non-hydrogen) atoms. The minimum absolute atomic E-state index is 0.0955. The zero-order valence-electron chi connectivity index (χ0n) is 12.5. The van der Waals surface area contributed by atoms with Crippen LogP contribution in [0.5, 0.6) is 0 Å². The van der Waals surface area contributed by atoms with Gasteiger partial charge in [0.05, 0.1) is 0 Å². The molecule has 2 heterocycles. The monoisotopic (exact) mass is 353 g/mol. The van der Waals surface area contributed by atoms with Crippen LogP contribution in [0, 0.1) is 0 Å². The minimum atomic E-state index is -3.69. The van der Waals surface area contributed by atoms with Crippen molar-refractivity contribution in [2.24, 2.45) is 0 Å². The molecule has 3 rings (SSSR count). The van der Waals surface area contributed by atoms with Crippen LogP contribution >= 0.6 is 11.6 Å². The number of amides is 1. The topological polar surface area (TPSA) is 71.4 Å². The zero-order valence-corrected chi connectivity index (χ0v) is 14.1. The molecule has 1 aliphatic rings. The summed E-state index contributed by atoms with van der Waals surface area (Å²) in [5, 5.41) is 0.551. The SMILES string of the molecule is CN1CCn2cc(S(=O)(=O)NCc3cccc(Cl)c3)cc2C1=O. The van der Waals surface area contributed by atoms with Crippen molar-refractivity contribution in [3.8, 4) is 0 Å². The predicted octanol–water partition coefficient (Wildman–Crippen LogP) is 1.71. The molecular formula is C15H16ClN3O3S. The molecule has 0 radical (unpaired) electrons. The second kappa shape index (κ2) is 5.99. The molecule has 0 aliphatic carbocycles.